The zero-order valence-electron chi connectivity index (χ0n) is 6.82. The van der Waals surface area contributed by atoms with Crippen LogP contribution in [0.4, 0.5) is 5.69 Å². The van der Waals surface area contributed by atoms with Crippen molar-refractivity contribution in [2.75, 3.05) is 5.73 Å². The number of hydrogen-bond donors (Lipinski definition) is 3. The summed E-state index contributed by atoms with van der Waals surface area (Å²) in [6.07, 6.45) is 0. The van der Waals surface area contributed by atoms with Gasteiger partial charge in [-0.2, -0.15) is 0 Å². The summed E-state index contributed by atoms with van der Waals surface area (Å²) < 4.78 is 1.03. The zero-order valence-corrected chi connectivity index (χ0v) is 8.53. The Morgan fingerprint density at radius 1 is 1.54 bits per heavy atom. The summed E-state index contributed by atoms with van der Waals surface area (Å²) in [5, 5.41) is 12.2. The first-order valence-electron chi connectivity index (χ1n) is 3.82. The van der Waals surface area contributed by atoms with Crippen molar-refractivity contribution in [1.29, 1.82) is 0 Å². The van der Waals surface area contributed by atoms with E-state index in [0.29, 0.717) is 5.69 Å². The van der Waals surface area contributed by atoms with Gasteiger partial charge in [-0.25, -0.2) is 0 Å². The fraction of sp³-hybridized carbons (Fsp3) is 0.111. The SMILES string of the molecule is Nc1cc(S)c2ccsc2c1CO. The van der Waals surface area contributed by atoms with Gasteiger partial charge >= 0.3 is 0 Å². The molecule has 0 aliphatic carbocycles. The molecule has 0 spiro atoms. The molecule has 13 heavy (non-hydrogen) atoms. The van der Waals surface area contributed by atoms with Crippen LogP contribution in [0.15, 0.2) is 22.4 Å². The first-order chi connectivity index (χ1) is 6.24. The molecule has 0 aliphatic rings. The van der Waals surface area contributed by atoms with E-state index in [-0.39, 0.29) is 6.61 Å². The van der Waals surface area contributed by atoms with Crippen LogP contribution in [-0.2, 0) is 6.61 Å². The van der Waals surface area contributed by atoms with Crippen LogP contribution in [0.2, 0.25) is 0 Å². The standard InChI is InChI=1S/C9H9NOS2/c10-7-3-8(12)5-1-2-13-9(5)6(7)4-11/h1-3,11-12H,4,10H2. The van der Waals surface area contributed by atoms with Crippen molar-refractivity contribution in [3.63, 3.8) is 0 Å². The summed E-state index contributed by atoms with van der Waals surface area (Å²) in [7, 11) is 0. The number of nitrogens with two attached hydrogens (primary N) is 1. The average molecular weight is 211 g/mol. The van der Waals surface area contributed by atoms with Crippen LogP contribution in [-0.4, -0.2) is 5.11 Å². The molecule has 2 rings (SSSR count). The lowest BCUT2D eigenvalue weighted by atomic mass is 10.1. The number of aliphatic hydroxyl groups excluding tert-OH is 1. The van der Waals surface area contributed by atoms with E-state index in [9.17, 15) is 0 Å². The molecular weight excluding hydrogens is 202 g/mol. The van der Waals surface area contributed by atoms with Gasteiger partial charge in [0, 0.05) is 26.2 Å². The highest BCUT2D eigenvalue weighted by Gasteiger charge is 2.08. The fourth-order valence-electron chi connectivity index (χ4n) is 1.35. The van der Waals surface area contributed by atoms with Gasteiger partial charge in [0.15, 0.2) is 0 Å². The minimum absolute atomic E-state index is 0.0170. The summed E-state index contributed by atoms with van der Waals surface area (Å²) in [4.78, 5) is 0.867. The number of anilines is 1. The summed E-state index contributed by atoms with van der Waals surface area (Å²) in [6, 6.07) is 3.77. The van der Waals surface area contributed by atoms with Gasteiger partial charge < -0.3 is 10.8 Å². The molecule has 1 heterocycles. The van der Waals surface area contributed by atoms with Gasteiger partial charge in [0.2, 0.25) is 0 Å². The summed E-state index contributed by atoms with van der Waals surface area (Å²) in [5.74, 6) is 0. The van der Waals surface area contributed by atoms with Crippen molar-refractivity contribution < 1.29 is 5.11 Å². The molecule has 2 nitrogen and oxygen atoms in total. The molecule has 0 aliphatic heterocycles. The second-order valence-electron chi connectivity index (χ2n) is 2.78. The van der Waals surface area contributed by atoms with E-state index in [0.717, 1.165) is 20.5 Å². The predicted octanol–water partition coefficient (Wildman–Crippen LogP) is 2.26. The largest absolute Gasteiger partial charge is 0.398 e. The van der Waals surface area contributed by atoms with Crippen LogP contribution in [0.1, 0.15) is 5.56 Å². The average Bonchev–Trinajstić information content (AvgIpc) is 2.53. The molecule has 0 bridgehead atoms. The number of nitrogen functional groups attached to an aromatic ring is 1. The third-order valence-electron chi connectivity index (χ3n) is 2.01. The van der Waals surface area contributed by atoms with Crippen molar-refractivity contribution in [2.45, 2.75) is 11.5 Å². The molecule has 68 valence electrons. The van der Waals surface area contributed by atoms with Crippen molar-refractivity contribution in [3.05, 3.63) is 23.1 Å². The highest BCUT2D eigenvalue weighted by Crippen LogP contribution is 2.33. The molecule has 3 N–H and O–H groups in total. The van der Waals surface area contributed by atoms with E-state index < -0.39 is 0 Å². The van der Waals surface area contributed by atoms with Crippen LogP contribution in [0, 0.1) is 0 Å². The summed E-state index contributed by atoms with van der Waals surface area (Å²) in [6.45, 7) is -0.0170. The maximum absolute atomic E-state index is 9.13. The molecule has 0 fully saturated rings. The maximum atomic E-state index is 9.13. The maximum Gasteiger partial charge on any atom is 0.0716 e. The monoisotopic (exact) mass is 211 g/mol. The van der Waals surface area contributed by atoms with E-state index >= 15 is 0 Å². The highest BCUT2D eigenvalue weighted by molar-refractivity contribution is 7.80. The van der Waals surface area contributed by atoms with Gasteiger partial charge in [0.05, 0.1) is 6.61 Å². The number of fused-ring (bicyclic) bond motifs is 1. The molecule has 1 aromatic carbocycles. The van der Waals surface area contributed by atoms with Crippen molar-refractivity contribution in [2.24, 2.45) is 0 Å². The normalized spacial score (nSPS) is 10.9. The van der Waals surface area contributed by atoms with Gasteiger partial charge in [-0.05, 0) is 17.5 Å². The molecule has 0 atom stereocenters. The Morgan fingerprint density at radius 2 is 2.31 bits per heavy atom. The van der Waals surface area contributed by atoms with E-state index in [1.54, 1.807) is 17.4 Å². The van der Waals surface area contributed by atoms with Crippen LogP contribution in [0.5, 0.6) is 0 Å². The van der Waals surface area contributed by atoms with Gasteiger partial charge in [0.25, 0.3) is 0 Å². The number of aliphatic hydroxyl groups is 1. The van der Waals surface area contributed by atoms with Gasteiger partial charge in [-0.1, -0.05) is 0 Å². The Labute approximate surface area is 85.4 Å². The Balaban J connectivity index is 2.88. The minimum atomic E-state index is -0.0170. The molecule has 0 unspecified atom stereocenters. The van der Waals surface area contributed by atoms with Crippen LogP contribution in [0.25, 0.3) is 10.1 Å². The quantitative estimate of drug-likeness (QED) is 0.500. The summed E-state index contributed by atoms with van der Waals surface area (Å²) >= 11 is 5.90. The second-order valence-corrected chi connectivity index (χ2v) is 4.18. The topological polar surface area (TPSA) is 46.2 Å². The smallest absolute Gasteiger partial charge is 0.0716 e. The van der Waals surface area contributed by atoms with Crippen molar-refractivity contribution in [3.8, 4) is 0 Å². The van der Waals surface area contributed by atoms with Crippen molar-refractivity contribution >= 4 is 39.7 Å². The Morgan fingerprint density at radius 3 is 3.00 bits per heavy atom. The molecular formula is C9H9NOS2. The fourth-order valence-corrected chi connectivity index (χ4v) is 2.72. The van der Waals surface area contributed by atoms with Crippen LogP contribution >= 0.6 is 24.0 Å². The van der Waals surface area contributed by atoms with Gasteiger partial charge in [0.1, 0.15) is 0 Å². The van der Waals surface area contributed by atoms with Crippen molar-refractivity contribution in [1.82, 2.24) is 0 Å². The molecule has 0 radical (unpaired) electrons. The van der Waals surface area contributed by atoms with Gasteiger partial charge in [-0.3, -0.25) is 0 Å². The van der Waals surface area contributed by atoms with Crippen LogP contribution in [0.3, 0.4) is 0 Å². The Bertz CT molecular complexity index is 450. The number of rotatable bonds is 1. The number of benzene rings is 1. The highest BCUT2D eigenvalue weighted by atomic mass is 32.1. The third kappa shape index (κ3) is 1.31. The molecule has 0 saturated heterocycles. The first kappa shape index (κ1) is 8.87. The number of hydrogen-bond acceptors (Lipinski definition) is 4. The minimum Gasteiger partial charge on any atom is -0.398 e. The third-order valence-corrected chi connectivity index (χ3v) is 3.36. The molecule has 0 amide bonds. The molecule has 4 heteroatoms. The second kappa shape index (κ2) is 3.21. The lowest BCUT2D eigenvalue weighted by Gasteiger charge is -2.05. The number of thiophene rings is 1. The lowest BCUT2D eigenvalue weighted by molar-refractivity contribution is 0.284. The zero-order chi connectivity index (χ0) is 9.42. The van der Waals surface area contributed by atoms with E-state index in [2.05, 4.69) is 12.6 Å². The molecule has 1 aromatic heterocycles. The van der Waals surface area contributed by atoms with E-state index in [4.69, 9.17) is 10.8 Å². The summed E-state index contributed by atoms with van der Waals surface area (Å²) in [5.41, 5.74) is 7.18. The Hall–Kier alpha value is -0.710. The first-order valence-corrected chi connectivity index (χ1v) is 5.15. The molecule has 0 saturated carbocycles. The lowest BCUT2D eigenvalue weighted by Crippen LogP contribution is -1.94. The van der Waals surface area contributed by atoms with Gasteiger partial charge in [-0.15, -0.1) is 24.0 Å². The number of thiol groups is 1. The van der Waals surface area contributed by atoms with E-state index in [1.807, 2.05) is 11.4 Å². The van der Waals surface area contributed by atoms with E-state index in [1.165, 1.54) is 0 Å². The Kier molecular flexibility index (Phi) is 2.19. The van der Waals surface area contributed by atoms with Crippen LogP contribution < -0.4 is 5.73 Å². The predicted molar refractivity (Wildman–Crippen MR) is 59.4 cm³/mol. The molecule has 2 aromatic rings.